The monoisotopic (exact) mass is 306 g/mol. The van der Waals surface area contributed by atoms with Gasteiger partial charge in [-0.05, 0) is 38.0 Å². The van der Waals surface area contributed by atoms with Crippen molar-refractivity contribution >= 4 is 17.5 Å². The van der Waals surface area contributed by atoms with Crippen molar-refractivity contribution in [2.75, 3.05) is 13.2 Å². The molecule has 2 rings (SSSR count). The van der Waals surface area contributed by atoms with Gasteiger partial charge in [0.05, 0.1) is 23.7 Å². The van der Waals surface area contributed by atoms with Gasteiger partial charge in [0.15, 0.2) is 0 Å². The standard InChI is InChI=1S/C16H19ClN2O2/c1-11(15-5-3-9-21-15)19-16(20)13-7-6-12(4-2-8-18)14(17)10-13/h6-7,10-11,15H,3,5,8-9,18H2,1H3,(H,19,20). The molecule has 2 atom stereocenters. The summed E-state index contributed by atoms with van der Waals surface area (Å²) < 4.78 is 5.57. The molecule has 0 saturated carbocycles. The van der Waals surface area contributed by atoms with Crippen molar-refractivity contribution in [3.8, 4) is 11.8 Å². The van der Waals surface area contributed by atoms with Crippen LogP contribution in [-0.4, -0.2) is 31.2 Å². The molecule has 1 amide bonds. The van der Waals surface area contributed by atoms with E-state index < -0.39 is 0 Å². The first-order valence-electron chi connectivity index (χ1n) is 7.02. The van der Waals surface area contributed by atoms with E-state index in [0.717, 1.165) is 19.4 Å². The summed E-state index contributed by atoms with van der Waals surface area (Å²) >= 11 is 6.12. The second-order valence-corrected chi connectivity index (χ2v) is 5.42. The van der Waals surface area contributed by atoms with Crippen LogP contribution in [0.2, 0.25) is 5.02 Å². The van der Waals surface area contributed by atoms with Gasteiger partial charge in [-0.15, -0.1) is 0 Å². The summed E-state index contributed by atoms with van der Waals surface area (Å²) in [6, 6.07) is 5.05. The van der Waals surface area contributed by atoms with Gasteiger partial charge in [0.2, 0.25) is 0 Å². The minimum absolute atomic E-state index is 0.0181. The zero-order chi connectivity index (χ0) is 15.2. The van der Waals surface area contributed by atoms with Crippen LogP contribution in [0.3, 0.4) is 0 Å². The summed E-state index contributed by atoms with van der Waals surface area (Å²) in [6.07, 6.45) is 2.13. The Labute approximate surface area is 130 Å². The van der Waals surface area contributed by atoms with E-state index in [2.05, 4.69) is 17.2 Å². The normalized spacial score (nSPS) is 18.7. The third-order valence-electron chi connectivity index (χ3n) is 3.44. The molecule has 21 heavy (non-hydrogen) atoms. The van der Waals surface area contributed by atoms with Gasteiger partial charge in [-0.2, -0.15) is 0 Å². The lowest BCUT2D eigenvalue weighted by Gasteiger charge is -2.20. The predicted octanol–water partition coefficient (Wildman–Crippen LogP) is 1.95. The lowest BCUT2D eigenvalue weighted by atomic mass is 10.1. The second-order valence-electron chi connectivity index (χ2n) is 5.01. The largest absolute Gasteiger partial charge is 0.376 e. The van der Waals surface area contributed by atoms with Crippen LogP contribution in [0.15, 0.2) is 18.2 Å². The van der Waals surface area contributed by atoms with E-state index in [1.807, 2.05) is 6.92 Å². The molecule has 1 aromatic rings. The van der Waals surface area contributed by atoms with Crippen molar-refractivity contribution in [3.05, 3.63) is 34.3 Å². The highest BCUT2D eigenvalue weighted by Crippen LogP contribution is 2.18. The number of rotatable bonds is 3. The van der Waals surface area contributed by atoms with Gasteiger partial charge in [0.1, 0.15) is 0 Å². The number of nitrogens with two attached hydrogens (primary N) is 1. The zero-order valence-corrected chi connectivity index (χ0v) is 12.7. The number of halogens is 1. The quantitative estimate of drug-likeness (QED) is 0.839. The number of carbonyl (C=O) groups excluding carboxylic acids is 1. The summed E-state index contributed by atoms with van der Waals surface area (Å²) in [5, 5.41) is 3.40. The molecule has 1 aliphatic rings. The van der Waals surface area contributed by atoms with Crippen LogP contribution >= 0.6 is 11.6 Å². The lowest BCUT2D eigenvalue weighted by molar-refractivity contribution is 0.0712. The highest BCUT2D eigenvalue weighted by molar-refractivity contribution is 6.32. The fraction of sp³-hybridized carbons (Fsp3) is 0.438. The minimum Gasteiger partial charge on any atom is -0.376 e. The molecule has 1 saturated heterocycles. The molecule has 5 heteroatoms. The molecular weight excluding hydrogens is 288 g/mol. The van der Waals surface area contributed by atoms with E-state index in [9.17, 15) is 4.79 Å². The van der Waals surface area contributed by atoms with Crippen molar-refractivity contribution in [1.82, 2.24) is 5.32 Å². The SMILES string of the molecule is CC(NC(=O)c1ccc(C#CCN)c(Cl)c1)C1CCCO1. The van der Waals surface area contributed by atoms with Crippen LogP contribution in [0.4, 0.5) is 0 Å². The fourth-order valence-corrected chi connectivity index (χ4v) is 2.51. The Balaban J connectivity index is 2.03. The third kappa shape index (κ3) is 4.21. The molecule has 0 aromatic heterocycles. The maximum atomic E-state index is 12.2. The van der Waals surface area contributed by atoms with Gasteiger partial charge < -0.3 is 15.8 Å². The summed E-state index contributed by atoms with van der Waals surface area (Å²) in [4.78, 5) is 12.2. The molecule has 0 spiro atoms. The highest BCUT2D eigenvalue weighted by atomic mass is 35.5. The van der Waals surface area contributed by atoms with Crippen LogP contribution in [0.1, 0.15) is 35.7 Å². The maximum absolute atomic E-state index is 12.2. The number of carbonyl (C=O) groups is 1. The average Bonchev–Trinajstić information content (AvgIpc) is 3.00. The van der Waals surface area contributed by atoms with Gasteiger partial charge >= 0.3 is 0 Å². The van der Waals surface area contributed by atoms with E-state index >= 15 is 0 Å². The van der Waals surface area contributed by atoms with E-state index in [0.29, 0.717) is 16.1 Å². The number of ether oxygens (including phenoxy) is 1. The molecule has 1 aliphatic heterocycles. The molecular formula is C16H19ClN2O2. The molecule has 0 aliphatic carbocycles. The van der Waals surface area contributed by atoms with Crippen LogP contribution in [0.25, 0.3) is 0 Å². The first kappa shape index (κ1) is 15.8. The molecule has 3 N–H and O–H groups in total. The van der Waals surface area contributed by atoms with Gasteiger partial charge in [-0.1, -0.05) is 23.4 Å². The molecule has 1 fully saturated rings. The van der Waals surface area contributed by atoms with Gasteiger partial charge in [0, 0.05) is 17.7 Å². The number of hydrogen-bond acceptors (Lipinski definition) is 3. The Hall–Kier alpha value is -1.54. The van der Waals surface area contributed by atoms with Gasteiger partial charge in [-0.3, -0.25) is 4.79 Å². The van der Waals surface area contributed by atoms with Crippen LogP contribution in [-0.2, 0) is 4.74 Å². The topological polar surface area (TPSA) is 64.4 Å². The molecule has 0 radical (unpaired) electrons. The smallest absolute Gasteiger partial charge is 0.251 e. The Morgan fingerprint density at radius 1 is 1.62 bits per heavy atom. The first-order chi connectivity index (χ1) is 10.1. The molecule has 1 aromatic carbocycles. The van der Waals surface area contributed by atoms with Crippen LogP contribution in [0.5, 0.6) is 0 Å². The Kier molecular flexibility index (Phi) is 5.63. The van der Waals surface area contributed by atoms with Gasteiger partial charge in [0.25, 0.3) is 5.91 Å². The van der Waals surface area contributed by atoms with Crippen LogP contribution in [0, 0.1) is 11.8 Å². The molecule has 2 unspecified atom stereocenters. The van der Waals surface area contributed by atoms with E-state index in [1.165, 1.54) is 0 Å². The van der Waals surface area contributed by atoms with Crippen LogP contribution < -0.4 is 11.1 Å². The van der Waals surface area contributed by atoms with Crippen molar-refractivity contribution in [2.45, 2.75) is 31.9 Å². The Morgan fingerprint density at radius 2 is 2.43 bits per heavy atom. The summed E-state index contributed by atoms with van der Waals surface area (Å²) in [5.74, 6) is 5.45. The van der Waals surface area contributed by atoms with E-state index in [-0.39, 0.29) is 24.6 Å². The third-order valence-corrected chi connectivity index (χ3v) is 3.75. The van der Waals surface area contributed by atoms with Crippen molar-refractivity contribution in [2.24, 2.45) is 5.73 Å². The number of benzene rings is 1. The number of amides is 1. The summed E-state index contributed by atoms with van der Waals surface area (Å²) in [6.45, 7) is 3.00. The van der Waals surface area contributed by atoms with Crippen molar-refractivity contribution in [1.29, 1.82) is 0 Å². The maximum Gasteiger partial charge on any atom is 0.251 e. The van der Waals surface area contributed by atoms with E-state index in [4.69, 9.17) is 22.1 Å². The molecule has 1 heterocycles. The Morgan fingerprint density at radius 3 is 3.05 bits per heavy atom. The lowest BCUT2D eigenvalue weighted by Crippen LogP contribution is -2.40. The average molecular weight is 307 g/mol. The zero-order valence-electron chi connectivity index (χ0n) is 12.0. The summed E-state index contributed by atoms with van der Waals surface area (Å²) in [7, 11) is 0. The predicted molar refractivity (Wildman–Crippen MR) is 83.3 cm³/mol. The Bertz CT molecular complexity index is 571. The van der Waals surface area contributed by atoms with Crippen molar-refractivity contribution in [3.63, 3.8) is 0 Å². The van der Waals surface area contributed by atoms with E-state index in [1.54, 1.807) is 18.2 Å². The number of nitrogens with one attached hydrogen (secondary N) is 1. The highest BCUT2D eigenvalue weighted by Gasteiger charge is 2.24. The molecule has 112 valence electrons. The van der Waals surface area contributed by atoms with Gasteiger partial charge in [-0.25, -0.2) is 0 Å². The van der Waals surface area contributed by atoms with Crippen molar-refractivity contribution < 1.29 is 9.53 Å². The second kappa shape index (κ2) is 7.46. The molecule has 4 nitrogen and oxygen atoms in total. The minimum atomic E-state index is -0.154. The molecule has 0 bridgehead atoms. The number of hydrogen-bond donors (Lipinski definition) is 2. The summed E-state index contributed by atoms with van der Waals surface area (Å²) in [5.41, 5.74) is 6.52. The first-order valence-corrected chi connectivity index (χ1v) is 7.40. The fourth-order valence-electron chi connectivity index (χ4n) is 2.28.